The molecular weight excluding hydrogens is 252 g/mol. The molecule has 2 N–H and O–H groups in total. The summed E-state index contributed by atoms with van der Waals surface area (Å²) in [4.78, 5) is 11.8. The maximum atomic E-state index is 11.8. The number of anilines is 1. The van der Waals surface area contributed by atoms with Gasteiger partial charge in [0, 0.05) is 30.9 Å². The Morgan fingerprint density at radius 3 is 2.95 bits per heavy atom. The lowest BCUT2D eigenvalue weighted by molar-refractivity contribution is 0.00924. The van der Waals surface area contributed by atoms with E-state index in [4.69, 9.17) is 4.74 Å². The Balaban J connectivity index is 2.11. The molecule has 1 aliphatic heterocycles. The fourth-order valence-corrected chi connectivity index (χ4v) is 2.69. The van der Waals surface area contributed by atoms with E-state index < -0.39 is 0 Å². The summed E-state index contributed by atoms with van der Waals surface area (Å²) in [6.45, 7) is 4.96. The van der Waals surface area contributed by atoms with Gasteiger partial charge in [-0.2, -0.15) is 0 Å². The van der Waals surface area contributed by atoms with Crippen LogP contribution in [0.1, 0.15) is 42.1 Å². The fraction of sp³-hybridized carbons (Fsp3) is 0.562. The number of amides is 1. The van der Waals surface area contributed by atoms with Gasteiger partial charge in [-0.25, -0.2) is 0 Å². The number of rotatable bonds is 4. The molecule has 4 heteroatoms. The Morgan fingerprint density at radius 1 is 1.45 bits per heavy atom. The van der Waals surface area contributed by atoms with Crippen molar-refractivity contribution in [1.82, 2.24) is 5.32 Å². The monoisotopic (exact) mass is 276 g/mol. The zero-order valence-corrected chi connectivity index (χ0v) is 12.5. The summed E-state index contributed by atoms with van der Waals surface area (Å²) >= 11 is 0. The molecule has 1 heterocycles. The Hall–Kier alpha value is -1.55. The number of carbonyl (C=O) groups is 1. The van der Waals surface area contributed by atoms with Crippen molar-refractivity contribution in [3.05, 3.63) is 29.3 Å². The van der Waals surface area contributed by atoms with Crippen LogP contribution in [0, 0.1) is 6.92 Å². The van der Waals surface area contributed by atoms with Crippen LogP contribution in [0.5, 0.6) is 0 Å². The molecule has 1 aliphatic rings. The van der Waals surface area contributed by atoms with Crippen molar-refractivity contribution in [1.29, 1.82) is 0 Å². The highest BCUT2D eigenvalue weighted by molar-refractivity contribution is 5.96. The van der Waals surface area contributed by atoms with E-state index in [9.17, 15) is 4.79 Å². The Labute approximate surface area is 120 Å². The quantitative estimate of drug-likeness (QED) is 0.889. The van der Waals surface area contributed by atoms with Gasteiger partial charge in [-0.05, 0) is 43.9 Å². The number of nitrogens with one attached hydrogen (secondary N) is 2. The van der Waals surface area contributed by atoms with E-state index in [2.05, 4.69) is 17.6 Å². The first-order valence-electron chi connectivity index (χ1n) is 7.35. The van der Waals surface area contributed by atoms with Crippen molar-refractivity contribution >= 4 is 11.6 Å². The van der Waals surface area contributed by atoms with Crippen molar-refractivity contribution < 1.29 is 9.53 Å². The van der Waals surface area contributed by atoms with Crippen LogP contribution in [0.4, 0.5) is 5.69 Å². The largest absolute Gasteiger partial charge is 0.382 e. The molecule has 0 spiro atoms. The van der Waals surface area contributed by atoms with Gasteiger partial charge in [-0.1, -0.05) is 13.0 Å². The van der Waals surface area contributed by atoms with Crippen LogP contribution < -0.4 is 10.6 Å². The van der Waals surface area contributed by atoms with Crippen LogP contribution in [-0.2, 0) is 4.74 Å². The lowest BCUT2D eigenvalue weighted by Gasteiger charge is -2.30. The Morgan fingerprint density at radius 2 is 2.25 bits per heavy atom. The maximum absolute atomic E-state index is 11.8. The molecule has 110 valence electrons. The van der Waals surface area contributed by atoms with Gasteiger partial charge >= 0.3 is 0 Å². The van der Waals surface area contributed by atoms with Gasteiger partial charge in [-0.3, -0.25) is 4.79 Å². The third-order valence-corrected chi connectivity index (χ3v) is 3.99. The van der Waals surface area contributed by atoms with E-state index in [1.807, 2.05) is 25.1 Å². The molecule has 0 aliphatic carbocycles. The predicted octanol–water partition coefficient (Wildman–Crippen LogP) is 2.72. The van der Waals surface area contributed by atoms with Gasteiger partial charge in [0.25, 0.3) is 5.91 Å². The summed E-state index contributed by atoms with van der Waals surface area (Å²) in [5, 5.41) is 6.26. The first-order chi connectivity index (χ1) is 9.65. The van der Waals surface area contributed by atoms with Crippen LogP contribution in [0.2, 0.25) is 0 Å². The molecule has 2 atom stereocenters. The molecule has 1 aromatic rings. The average Bonchev–Trinajstić information content (AvgIpc) is 2.49. The summed E-state index contributed by atoms with van der Waals surface area (Å²) < 4.78 is 5.70. The SMILES string of the molecule is CCC1CC(Nc2cccc(C(=O)NC)c2C)CCO1. The fourth-order valence-electron chi connectivity index (χ4n) is 2.69. The number of carbonyl (C=O) groups excluding carboxylic acids is 1. The van der Waals surface area contributed by atoms with Crippen molar-refractivity contribution in [3.63, 3.8) is 0 Å². The zero-order valence-electron chi connectivity index (χ0n) is 12.5. The van der Waals surface area contributed by atoms with Gasteiger partial charge in [0.1, 0.15) is 0 Å². The normalized spacial score (nSPS) is 22.4. The van der Waals surface area contributed by atoms with E-state index >= 15 is 0 Å². The van der Waals surface area contributed by atoms with Gasteiger partial charge in [0.15, 0.2) is 0 Å². The van der Waals surface area contributed by atoms with E-state index in [0.717, 1.165) is 42.7 Å². The van der Waals surface area contributed by atoms with E-state index in [0.29, 0.717) is 12.1 Å². The second-order valence-electron chi connectivity index (χ2n) is 5.32. The molecule has 0 bridgehead atoms. The van der Waals surface area contributed by atoms with Gasteiger partial charge < -0.3 is 15.4 Å². The molecule has 0 radical (unpaired) electrons. The molecule has 1 aromatic carbocycles. The number of hydrogen-bond donors (Lipinski definition) is 2. The second-order valence-corrected chi connectivity index (χ2v) is 5.32. The first-order valence-corrected chi connectivity index (χ1v) is 7.35. The van der Waals surface area contributed by atoms with Crippen LogP contribution in [-0.4, -0.2) is 31.7 Å². The zero-order chi connectivity index (χ0) is 14.5. The Kier molecular flexibility index (Phi) is 5.01. The summed E-state index contributed by atoms with van der Waals surface area (Å²) in [5.41, 5.74) is 2.79. The summed E-state index contributed by atoms with van der Waals surface area (Å²) in [7, 11) is 1.66. The van der Waals surface area contributed by atoms with Crippen LogP contribution in [0.25, 0.3) is 0 Å². The highest BCUT2D eigenvalue weighted by Gasteiger charge is 2.22. The lowest BCUT2D eigenvalue weighted by atomic mass is 9.99. The summed E-state index contributed by atoms with van der Waals surface area (Å²) in [6, 6.07) is 6.25. The summed E-state index contributed by atoms with van der Waals surface area (Å²) in [6.07, 6.45) is 3.44. The second kappa shape index (κ2) is 6.75. The minimum Gasteiger partial charge on any atom is -0.382 e. The standard InChI is InChI=1S/C16H24N2O2/c1-4-13-10-12(8-9-20-13)18-15-7-5-6-14(11(15)2)16(19)17-3/h5-7,12-13,18H,4,8-10H2,1-3H3,(H,17,19). The molecule has 20 heavy (non-hydrogen) atoms. The number of ether oxygens (including phenoxy) is 1. The summed E-state index contributed by atoms with van der Waals surface area (Å²) in [5.74, 6) is -0.0374. The van der Waals surface area contributed by atoms with E-state index in [1.54, 1.807) is 7.05 Å². The highest BCUT2D eigenvalue weighted by Crippen LogP contribution is 2.24. The van der Waals surface area contributed by atoms with Crippen LogP contribution >= 0.6 is 0 Å². The van der Waals surface area contributed by atoms with Gasteiger partial charge in [0.05, 0.1) is 6.10 Å². The minimum atomic E-state index is -0.0374. The molecule has 1 fully saturated rings. The Bertz CT molecular complexity index is 474. The van der Waals surface area contributed by atoms with Crippen molar-refractivity contribution in [2.45, 2.75) is 45.3 Å². The molecule has 2 rings (SSSR count). The molecule has 0 saturated carbocycles. The minimum absolute atomic E-state index is 0.0374. The van der Waals surface area contributed by atoms with Crippen LogP contribution in [0.3, 0.4) is 0 Å². The molecule has 4 nitrogen and oxygen atoms in total. The smallest absolute Gasteiger partial charge is 0.251 e. The van der Waals surface area contributed by atoms with Gasteiger partial charge in [-0.15, -0.1) is 0 Å². The molecule has 0 aromatic heterocycles. The number of hydrogen-bond acceptors (Lipinski definition) is 3. The topological polar surface area (TPSA) is 50.4 Å². The van der Waals surface area contributed by atoms with Crippen molar-refractivity contribution in [3.8, 4) is 0 Å². The maximum Gasteiger partial charge on any atom is 0.251 e. The average molecular weight is 276 g/mol. The lowest BCUT2D eigenvalue weighted by Crippen LogP contribution is -2.34. The predicted molar refractivity (Wildman–Crippen MR) is 81.2 cm³/mol. The van der Waals surface area contributed by atoms with E-state index in [-0.39, 0.29) is 5.91 Å². The third kappa shape index (κ3) is 3.31. The number of benzene rings is 1. The molecule has 2 unspecified atom stereocenters. The van der Waals surface area contributed by atoms with E-state index in [1.165, 1.54) is 0 Å². The molecule has 1 saturated heterocycles. The van der Waals surface area contributed by atoms with Gasteiger partial charge in [0.2, 0.25) is 0 Å². The highest BCUT2D eigenvalue weighted by atomic mass is 16.5. The van der Waals surface area contributed by atoms with Crippen molar-refractivity contribution in [2.24, 2.45) is 0 Å². The van der Waals surface area contributed by atoms with Crippen LogP contribution in [0.15, 0.2) is 18.2 Å². The first kappa shape index (κ1) is 14.9. The molecular formula is C16H24N2O2. The third-order valence-electron chi connectivity index (χ3n) is 3.99. The van der Waals surface area contributed by atoms with Crippen molar-refractivity contribution in [2.75, 3.05) is 19.0 Å². The molecule has 1 amide bonds.